The van der Waals surface area contributed by atoms with Crippen LogP contribution in [-0.2, 0) is 0 Å². The average Bonchev–Trinajstić information content (AvgIpc) is 3.61. The molecule has 0 aliphatic rings. The molecule has 0 unspecified atom stereocenters. The van der Waals surface area contributed by atoms with Crippen molar-refractivity contribution in [3.05, 3.63) is 200 Å². The maximum Gasteiger partial charge on any atom is 0.143 e. The number of anilines is 3. The Morgan fingerprint density at radius 2 is 0.815 bits per heavy atom. The van der Waals surface area contributed by atoms with Crippen LogP contribution in [0.3, 0.4) is 0 Å². The number of hydrogen-bond donors (Lipinski definition) is 0. The van der Waals surface area contributed by atoms with E-state index in [2.05, 4.69) is 205 Å². The zero-order valence-corrected chi connectivity index (χ0v) is 29.4. The van der Waals surface area contributed by atoms with Gasteiger partial charge in [-0.1, -0.05) is 146 Å². The lowest BCUT2D eigenvalue weighted by Crippen LogP contribution is -2.09. The Kier molecular flexibility index (Phi) is 6.90. The summed E-state index contributed by atoms with van der Waals surface area (Å²) in [5.41, 5.74) is 9.70. The molecular formula is C52H33NO. The summed E-state index contributed by atoms with van der Waals surface area (Å²) >= 11 is 0. The third-order valence-electron chi connectivity index (χ3n) is 11.0. The van der Waals surface area contributed by atoms with Gasteiger partial charge in [0.1, 0.15) is 11.2 Å². The van der Waals surface area contributed by atoms with Crippen molar-refractivity contribution in [3.63, 3.8) is 0 Å². The summed E-state index contributed by atoms with van der Waals surface area (Å²) in [6.45, 7) is 0. The maximum absolute atomic E-state index is 6.91. The number of rotatable bonds is 5. The number of nitrogens with zero attached hydrogens (tertiary/aromatic N) is 1. The minimum atomic E-state index is 0.870. The fourth-order valence-electron chi connectivity index (χ4n) is 8.51. The van der Waals surface area contributed by atoms with Crippen LogP contribution < -0.4 is 4.90 Å². The SMILES string of the molecule is c1ccc(-c2ccc(N(c3ccccc3)c3ccc4oc5c(-c6ccc7c8ccccc8c8ccccc8c7c6)c6ccccc6cc5c4c3)cc2)cc1. The lowest BCUT2D eigenvalue weighted by Gasteiger charge is -2.25. The molecule has 54 heavy (non-hydrogen) atoms. The zero-order chi connectivity index (χ0) is 35.6. The number of para-hydroxylation sites is 1. The van der Waals surface area contributed by atoms with E-state index in [9.17, 15) is 0 Å². The first-order valence-corrected chi connectivity index (χ1v) is 18.5. The topological polar surface area (TPSA) is 16.4 Å². The standard InChI is InChI=1S/C52H33NO/c1-3-13-34(14-4-1)35-23-26-39(27-24-35)53(38-16-5-2-6-17-38)40-28-30-50-48(33-40)49-31-36-15-7-8-18-41(36)51(52(49)54-50)37-25-29-46-44-21-10-9-19-42(44)43-20-11-12-22-45(43)47(46)32-37/h1-33H. The first-order valence-electron chi connectivity index (χ1n) is 18.5. The molecule has 0 radical (unpaired) electrons. The third-order valence-corrected chi connectivity index (χ3v) is 11.0. The highest BCUT2D eigenvalue weighted by Crippen LogP contribution is 2.45. The van der Waals surface area contributed by atoms with Crippen molar-refractivity contribution in [1.29, 1.82) is 0 Å². The van der Waals surface area contributed by atoms with E-state index in [1.807, 2.05) is 0 Å². The van der Waals surface area contributed by atoms with Gasteiger partial charge in [0.15, 0.2) is 0 Å². The number of benzene rings is 10. The summed E-state index contributed by atoms with van der Waals surface area (Å²) in [6, 6.07) is 72.1. The van der Waals surface area contributed by atoms with Gasteiger partial charge in [0.2, 0.25) is 0 Å². The van der Waals surface area contributed by atoms with Gasteiger partial charge in [-0.05, 0) is 114 Å². The van der Waals surface area contributed by atoms with E-state index in [-0.39, 0.29) is 0 Å². The Hall–Kier alpha value is -7.16. The Morgan fingerprint density at radius 1 is 0.296 bits per heavy atom. The predicted molar refractivity (Wildman–Crippen MR) is 229 cm³/mol. The van der Waals surface area contributed by atoms with Gasteiger partial charge in [-0.25, -0.2) is 0 Å². The van der Waals surface area contributed by atoms with Crippen molar-refractivity contribution in [2.24, 2.45) is 0 Å². The Morgan fingerprint density at radius 3 is 1.52 bits per heavy atom. The highest BCUT2D eigenvalue weighted by Gasteiger charge is 2.20. The van der Waals surface area contributed by atoms with Crippen molar-refractivity contribution in [3.8, 4) is 22.3 Å². The van der Waals surface area contributed by atoms with Crippen LogP contribution in [0.25, 0.3) is 87.3 Å². The summed E-state index contributed by atoms with van der Waals surface area (Å²) in [4.78, 5) is 2.33. The van der Waals surface area contributed by atoms with Gasteiger partial charge in [0, 0.05) is 33.4 Å². The van der Waals surface area contributed by atoms with Gasteiger partial charge >= 0.3 is 0 Å². The highest BCUT2D eigenvalue weighted by molar-refractivity contribution is 6.27. The molecule has 2 heteroatoms. The Labute approximate surface area is 312 Å². The summed E-state index contributed by atoms with van der Waals surface area (Å²) in [6.07, 6.45) is 0. The lowest BCUT2D eigenvalue weighted by atomic mass is 9.90. The van der Waals surface area contributed by atoms with Crippen LogP contribution in [0, 0.1) is 0 Å². The molecule has 11 rings (SSSR count). The molecule has 0 saturated carbocycles. The fourth-order valence-corrected chi connectivity index (χ4v) is 8.51. The molecule has 11 aromatic rings. The molecule has 0 saturated heterocycles. The van der Waals surface area contributed by atoms with Gasteiger partial charge in [-0.2, -0.15) is 0 Å². The van der Waals surface area contributed by atoms with E-state index in [4.69, 9.17) is 4.42 Å². The predicted octanol–water partition coefficient (Wildman–Crippen LogP) is 15.0. The molecule has 0 aliphatic carbocycles. The third kappa shape index (κ3) is 4.81. The lowest BCUT2D eigenvalue weighted by molar-refractivity contribution is 0.670. The minimum absolute atomic E-state index is 0.870. The van der Waals surface area contributed by atoms with Crippen LogP contribution in [-0.4, -0.2) is 0 Å². The molecule has 1 aromatic heterocycles. The molecule has 10 aromatic carbocycles. The van der Waals surface area contributed by atoms with Crippen LogP contribution in [0.4, 0.5) is 17.1 Å². The summed E-state index contributed by atoms with van der Waals surface area (Å²) in [7, 11) is 0. The van der Waals surface area contributed by atoms with Crippen LogP contribution in [0.15, 0.2) is 205 Å². The summed E-state index contributed by atoms with van der Waals surface area (Å²) in [5.74, 6) is 0. The molecule has 0 N–H and O–H groups in total. The highest BCUT2D eigenvalue weighted by atomic mass is 16.3. The maximum atomic E-state index is 6.91. The van der Waals surface area contributed by atoms with Crippen molar-refractivity contribution < 1.29 is 4.42 Å². The normalized spacial score (nSPS) is 11.7. The second-order valence-corrected chi connectivity index (χ2v) is 14.1. The van der Waals surface area contributed by atoms with Crippen molar-refractivity contribution >= 4 is 82.1 Å². The summed E-state index contributed by atoms with van der Waals surface area (Å²) in [5, 5.41) is 12.2. The van der Waals surface area contributed by atoms with Gasteiger partial charge in [0.25, 0.3) is 0 Å². The van der Waals surface area contributed by atoms with Crippen molar-refractivity contribution in [2.75, 3.05) is 4.90 Å². The van der Waals surface area contributed by atoms with Crippen LogP contribution >= 0.6 is 0 Å². The molecule has 0 bridgehead atoms. The van der Waals surface area contributed by atoms with Gasteiger partial charge in [-0.3, -0.25) is 0 Å². The fraction of sp³-hybridized carbons (Fsp3) is 0. The quantitative estimate of drug-likeness (QED) is 0.168. The van der Waals surface area contributed by atoms with Crippen LogP contribution in [0.1, 0.15) is 0 Å². The smallest absolute Gasteiger partial charge is 0.143 e. The van der Waals surface area contributed by atoms with Crippen LogP contribution in [0.2, 0.25) is 0 Å². The van der Waals surface area contributed by atoms with E-state index in [0.717, 1.165) is 50.1 Å². The number of furan rings is 1. The van der Waals surface area contributed by atoms with E-state index in [1.165, 1.54) is 54.2 Å². The molecule has 0 amide bonds. The van der Waals surface area contributed by atoms with Gasteiger partial charge in [0.05, 0.1) is 0 Å². The Bertz CT molecular complexity index is 3160. The van der Waals surface area contributed by atoms with E-state index < -0.39 is 0 Å². The Balaban J connectivity index is 1.13. The van der Waals surface area contributed by atoms with Crippen molar-refractivity contribution in [2.45, 2.75) is 0 Å². The molecule has 0 fully saturated rings. The summed E-state index contributed by atoms with van der Waals surface area (Å²) < 4.78 is 6.91. The van der Waals surface area contributed by atoms with E-state index >= 15 is 0 Å². The second kappa shape index (κ2) is 12.2. The molecular weight excluding hydrogens is 655 g/mol. The number of fused-ring (bicyclic) bond motifs is 10. The van der Waals surface area contributed by atoms with E-state index in [1.54, 1.807) is 0 Å². The monoisotopic (exact) mass is 687 g/mol. The molecule has 0 aliphatic heterocycles. The first-order chi connectivity index (χ1) is 26.8. The van der Waals surface area contributed by atoms with Crippen LogP contribution in [0.5, 0.6) is 0 Å². The number of hydrogen-bond acceptors (Lipinski definition) is 2. The first kappa shape index (κ1) is 30.5. The van der Waals surface area contributed by atoms with Crippen molar-refractivity contribution in [1.82, 2.24) is 0 Å². The second-order valence-electron chi connectivity index (χ2n) is 14.1. The zero-order valence-electron chi connectivity index (χ0n) is 29.4. The molecule has 252 valence electrons. The molecule has 1 heterocycles. The van der Waals surface area contributed by atoms with Gasteiger partial charge < -0.3 is 9.32 Å². The average molecular weight is 688 g/mol. The van der Waals surface area contributed by atoms with Gasteiger partial charge in [-0.15, -0.1) is 0 Å². The molecule has 2 nitrogen and oxygen atoms in total. The molecule has 0 spiro atoms. The largest absolute Gasteiger partial charge is 0.455 e. The van der Waals surface area contributed by atoms with E-state index in [0.29, 0.717) is 0 Å². The minimum Gasteiger partial charge on any atom is -0.455 e. The molecule has 0 atom stereocenters.